The number of rotatable bonds is 6. The Labute approximate surface area is 171 Å². The first kappa shape index (κ1) is 19.2. The Morgan fingerprint density at radius 2 is 1.93 bits per heavy atom. The van der Waals surface area contributed by atoms with Crippen LogP contribution in [-0.4, -0.2) is 55.4 Å². The summed E-state index contributed by atoms with van der Waals surface area (Å²) >= 11 is 2.95. The van der Waals surface area contributed by atoms with Crippen molar-refractivity contribution in [1.82, 2.24) is 9.88 Å². The molecule has 1 aliphatic heterocycles. The molecule has 1 fully saturated rings. The molecule has 146 valence electrons. The first-order valence-corrected chi connectivity index (χ1v) is 12.0. The van der Waals surface area contributed by atoms with Gasteiger partial charge in [-0.2, -0.15) is 0 Å². The number of thiazole rings is 1. The fourth-order valence-corrected chi connectivity index (χ4v) is 6.55. The Bertz CT molecular complexity index is 1070. The van der Waals surface area contributed by atoms with Crippen molar-refractivity contribution in [3.05, 3.63) is 48.5 Å². The molecule has 0 spiro atoms. The topological polar surface area (TPSA) is 76.6 Å². The maximum atomic E-state index is 12.7. The van der Waals surface area contributed by atoms with Gasteiger partial charge in [0.15, 0.2) is 14.2 Å². The lowest BCUT2D eigenvalue weighted by Gasteiger charge is -2.38. The highest BCUT2D eigenvalue weighted by Gasteiger charge is 2.40. The lowest BCUT2D eigenvalue weighted by Crippen LogP contribution is -2.57. The number of hydrogen-bond acceptors (Lipinski definition) is 7. The van der Waals surface area contributed by atoms with Gasteiger partial charge in [-0.1, -0.05) is 23.9 Å². The van der Waals surface area contributed by atoms with Gasteiger partial charge in [0.25, 0.3) is 0 Å². The van der Waals surface area contributed by atoms with Gasteiger partial charge in [0.05, 0.1) is 28.0 Å². The van der Waals surface area contributed by atoms with Crippen molar-refractivity contribution in [2.24, 2.45) is 0 Å². The van der Waals surface area contributed by atoms with Crippen LogP contribution in [0.15, 0.2) is 57.8 Å². The van der Waals surface area contributed by atoms with Crippen LogP contribution in [-0.2, 0) is 14.6 Å². The van der Waals surface area contributed by atoms with Crippen molar-refractivity contribution < 1.29 is 17.9 Å². The van der Waals surface area contributed by atoms with Crippen LogP contribution in [0.2, 0.25) is 0 Å². The number of para-hydroxylation sites is 1. The Kier molecular flexibility index (Phi) is 5.31. The summed E-state index contributed by atoms with van der Waals surface area (Å²) in [5.41, 5.74) is 0.928. The van der Waals surface area contributed by atoms with Gasteiger partial charge in [0.2, 0.25) is 5.91 Å². The summed E-state index contributed by atoms with van der Waals surface area (Å²) in [7, 11) is -1.91. The molecule has 0 bridgehead atoms. The molecule has 0 radical (unpaired) electrons. The van der Waals surface area contributed by atoms with Crippen LogP contribution in [0.4, 0.5) is 0 Å². The predicted molar refractivity (Wildman–Crippen MR) is 111 cm³/mol. The van der Waals surface area contributed by atoms with Crippen LogP contribution in [0, 0.1) is 0 Å². The maximum Gasteiger partial charge on any atom is 0.233 e. The van der Waals surface area contributed by atoms with Crippen molar-refractivity contribution in [3.63, 3.8) is 0 Å². The Hall–Kier alpha value is -2.10. The van der Waals surface area contributed by atoms with E-state index >= 15 is 0 Å². The van der Waals surface area contributed by atoms with Crippen LogP contribution in [0.5, 0.6) is 5.75 Å². The number of ether oxygens (including phenoxy) is 1. The van der Waals surface area contributed by atoms with Gasteiger partial charge in [0.1, 0.15) is 11.0 Å². The second-order valence-electron chi connectivity index (χ2n) is 6.38. The maximum absolute atomic E-state index is 12.7. The molecule has 1 saturated heterocycles. The van der Waals surface area contributed by atoms with Crippen molar-refractivity contribution in [2.45, 2.75) is 14.5 Å². The summed E-state index contributed by atoms with van der Waals surface area (Å²) in [6.07, 6.45) is 0. The first-order chi connectivity index (χ1) is 13.5. The van der Waals surface area contributed by atoms with Crippen LogP contribution >= 0.6 is 23.1 Å². The van der Waals surface area contributed by atoms with Crippen LogP contribution in [0.1, 0.15) is 0 Å². The zero-order valence-corrected chi connectivity index (χ0v) is 17.5. The Morgan fingerprint density at radius 3 is 2.61 bits per heavy atom. The molecule has 0 aliphatic carbocycles. The van der Waals surface area contributed by atoms with Crippen molar-refractivity contribution in [3.8, 4) is 5.75 Å². The standard InChI is InChI=1S/C19H18N2O4S3/c1-25-13-6-8-14(9-7-13)28(23,24)15-10-21(11-15)18(22)12-26-19-20-16-4-2-3-5-17(16)27-19/h2-9,15H,10-12H2,1H3. The SMILES string of the molecule is COc1ccc(S(=O)(=O)C2CN(C(=O)CSc3nc4ccccc4s3)C2)cc1. The van der Waals surface area contributed by atoms with Gasteiger partial charge in [-0.25, -0.2) is 13.4 Å². The molecule has 4 rings (SSSR count). The summed E-state index contributed by atoms with van der Waals surface area (Å²) in [6.45, 7) is 0.460. The fourth-order valence-electron chi connectivity index (χ4n) is 2.92. The van der Waals surface area contributed by atoms with Gasteiger partial charge >= 0.3 is 0 Å². The quantitative estimate of drug-likeness (QED) is 0.555. The molecule has 1 amide bonds. The van der Waals surface area contributed by atoms with E-state index in [0.29, 0.717) is 5.75 Å². The smallest absolute Gasteiger partial charge is 0.233 e. The number of benzene rings is 2. The summed E-state index contributed by atoms with van der Waals surface area (Å²) in [4.78, 5) is 18.7. The molecule has 0 N–H and O–H groups in total. The average Bonchev–Trinajstić information content (AvgIpc) is 3.08. The molecule has 28 heavy (non-hydrogen) atoms. The van der Waals surface area contributed by atoms with Crippen molar-refractivity contribution >= 4 is 49.1 Å². The van der Waals surface area contributed by atoms with Gasteiger partial charge in [0, 0.05) is 13.1 Å². The van der Waals surface area contributed by atoms with Gasteiger partial charge in [-0.15, -0.1) is 11.3 Å². The number of likely N-dealkylation sites (tertiary alicyclic amines) is 1. The number of hydrogen-bond donors (Lipinski definition) is 0. The zero-order chi connectivity index (χ0) is 19.7. The summed E-state index contributed by atoms with van der Waals surface area (Å²) in [6, 6.07) is 14.2. The number of amides is 1. The lowest BCUT2D eigenvalue weighted by molar-refractivity contribution is -0.131. The number of methoxy groups -OCH3 is 1. The molecule has 1 aliphatic rings. The predicted octanol–water partition coefficient (Wildman–Crippen LogP) is 3.08. The Balaban J connectivity index is 1.33. The molecule has 3 aromatic rings. The third kappa shape index (κ3) is 3.74. The van der Waals surface area contributed by atoms with Crippen LogP contribution in [0.3, 0.4) is 0 Å². The molecule has 2 heterocycles. The van der Waals surface area contributed by atoms with E-state index in [-0.39, 0.29) is 29.6 Å². The van der Waals surface area contributed by atoms with E-state index in [1.165, 1.54) is 18.9 Å². The monoisotopic (exact) mass is 434 g/mol. The average molecular weight is 435 g/mol. The number of carbonyl (C=O) groups is 1. The minimum Gasteiger partial charge on any atom is -0.497 e. The minimum absolute atomic E-state index is 0.0644. The summed E-state index contributed by atoms with van der Waals surface area (Å²) < 4.78 is 32.3. The van der Waals surface area contributed by atoms with E-state index in [2.05, 4.69) is 4.98 Å². The highest BCUT2D eigenvalue weighted by molar-refractivity contribution is 8.01. The van der Waals surface area contributed by atoms with E-state index < -0.39 is 15.1 Å². The molecule has 0 atom stereocenters. The number of carbonyl (C=O) groups excluding carboxylic acids is 1. The van der Waals surface area contributed by atoms with E-state index in [0.717, 1.165) is 14.6 Å². The van der Waals surface area contributed by atoms with E-state index in [1.807, 2.05) is 24.3 Å². The fraction of sp³-hybridized carbons (Fsp3) is 0.263. The van der Waals surface area contributed by atoms with Gasteiger partial charge < -0.3 is 9.64 Å². The van der Waals surface area contributed by atoms with Crippen LogP contribution in [0.25, 0.3) is 10.2 Å². The summed E-state index contributed by atoms with van der Waals surface area (Å²) in [5, 5.41) is -0.558. The highest BCUT2D eigenvalue weighted by Crippen LogP contribution is 2.30. The normalized spacial score (nSPS) is 14.8. The molecule has 6 nitrogen and oxygen atoms in total. The molecular formula is C19H18N2O4S3. The lowest BCUT2D eigenvalue weighted by atomic mass is 10.2. The Morgan fingerprint density at radius 1 is 1.21 bits per heavy atom. The number of fused-ring (bicyclic) bond motifs is 1. The number of nitrogens with zero attached hydrogens (tertiary/aromatic N) is 2. The first-order valence-electron chi connectivity index (χ1n) is 8.61. The molecular weight excluding hydrogens is 416 g/mol. The van der Waals surface area contributed by atoms with E-state index in [4.69, 9.17) is 4.74 Å². The molecule has 0 unspecified atom stereocenters. The molecule has 2 aromatic carbocycles. The summed E-state index contributed by atoms with van der Waals surface area (Å²) in [5.74, 6) is 0.802. The zero-order valence-electron chi connectivity index (χ0n) is 15.1. The second-order valence-corrected chi connectivity index (χ2v) is 10.9. The minimum atomic E-state index is -3.44. The number of aromatic nitrogens is 1. The third-order valence-electron chi connectivity index (χ3n) is 4.62. The third-order valence-corrected chi connectivity index (χ3v) is 8.89. The van der Waals surface area contributed by atoms with E-state index in [1.54, 1.807) is 40.5 Å². The number of sulfone groups is 1. The van der Waals surface area contributed by atoms with Crippen molar-refractivity contribution in [1.29, 1.82) is 0 Å². The molecule has 9 heteroatoms. The van der Waals surface area contributed by atoms with Crippen molar-refractivity contribution in [2.75, 3.05) is 26.0 Å². The number of thioether (sulfide) groups is 1. The highest BCUT2D eigenvalue weighted by atomic mass is 32.2. The van der Waals surface area contributed by atoms with Gasteiger partial charge in [-0.05, 0) is 36.4 Å². The largest absolute Gasteiger partial charge is 0.497 e. The van der Waals surface area contributed by atoms with Gasteiger partial charge in [-0.3, -0.25) is 4.79 Å². The molecule has 1 aromatic heterocycles. The molecule has 0 saturated carbocycles. The van der Waals surface area contributed by atoms with E-state index in [9.17, 15) is 13.2 Å². The van der Waals surface area contributed by atoms with Crippen LogP contribution < -0.4 is 4.74 Å². The second kappa shape index (κ2) is 7.73.